The highest BCUT2D eigenvalue weighted by Gasteiger charge is 2.37. The third-order valence-electron chi connectivity index (χ3n) is 3.14. The van der Waals surface area contributed by atoms with Crippen LogP contribution in [0.5, 0.6) is 0 Å². The standard InChI is InChI=1S/C13H14BrNO3/c1-13(2)7-15(6-11(16)17)12(18)9-4-3-8(14)5-10(9)13/h3-5H,6-7H2,1-2H3,(H,16,17). The van der Waals surface area contributed by atoms with Crippen LogP contribution in [0.3, 0.4) is 0 Å². The summed E-state index contributed by atoms with van der Waals surface area (Å²) < 4.78 is 0.925. The molecule has 0 fully saturated rings. The third kappa shape index (κ3) is 2.27. The lowest BCUT2D eigenvalue weighted by Crippen LogP contribution is -2.48. The molecule has 1 aromatic rings. The number of nitrogens with zero attached hydrogens (tertiary/aromatic N) is 1. The Hall–Kier alpha value is -1.36. The molecular formula is C13H14BrNO3. The molecule has 0 aromatic heterocycles. The van der Waals surface area contributed by atoms with Crippen LogP contribution < -0.4 is 0 Å². The van der Waals surface area contributed by atoms with E-state index in [0.29, 0.717) is 12.1 Å². The molecule has 0 spiro atoms. The molecule has 5 heteroatoms. The van der Waals surface area contributed by atoms with Crippen LogP contribution in [-0.2, 0) is 10.2 Å². The summed E-state index contributed by atoms with van der Waals surface area (Å²) in [6, 6.07) is 5.49. The van der Waals surface area contributed by atoms with Crippen LogP contribution >= 0.6 is 15.9 Å². The van der Waals surface area contributed by atoms with Gasteiger partial charge in [-0.05, 0) is 23.8 Å². The molecule has 18 heavy (non-hydrogen) atoms. The molecule has 2 rings (SSSR count). The number of carboxylic acid groups (broad SMARTS) is 1. The fourth-order valence-electron chi connectivity index (χ4n) is 2.36. The molecule has 0 saturated heterocycles. The predicted octanol–water partition coefficient (Wildman–Crippen LogP) is 2.27. The van der Waals surface area contributed by atoms with Crippen molar-refractivity contribution in [3.05, 3.63) is 33.8 Å². The normalized spacial score (nSPS) is 17.5. The number of carbonyl (C=O) groups is 2. The zero-order valence-electron chi connectivity index (χ0n) is 10.2. The van der Waals surface area contributed by atoms with E-state index in [-0.39, 0.29) is 17.9 Å². The van der Waals surface area contributed by atoms with E-state index in [0.717, 1.165) is 10.0 Å². The number of carbonyl (C=O) groups excluding carboxylic acids is 1. The SMILES string of the molecule is CC1(C)CN(CC(=O)O)C(=O)c2ccc(Br)cc21. The molecule has 0 bridgehead atoms. The van der Waals surface area contributed by atoms with Crippen molar-refractivity contribution in [2.75, 3.05) is 13.1 Å². The minimum absolute atomic E-state index is 0.209. The number of amides is 1. The molecular weight excluding hydrogens is 298 g/mol. The molecule has 1 heterocycles. The summed E-state index contributed by atoms with van der Waals surface area (Å²) in [5.41, 5.74) is 1.31. The van der Waals surface area contributed by atoms with Crippen molar-refractivity contribution in [3.63, 3.8) is 0 Å². The Bertz CT molecular complexity index is 525. The highest BCUT2D eigenvalue weighted by molar-refractivity contribution is 9.10. The number of aliphatic carboxylic acids is 1. The quantitative estimate of drug-likeness (QED) is 0.911. The van der Waals surface area contributed by atoms with Gasteiger partial charge in [0.05, 0.1) is 0 Å². The largest absolute Gasteiger partial charge is 0.480 e. The maximum absolute atomic E-state index is 12.2. The van der Waals surface area contributed by atoms with Gasteiger partial charge in [0.1, 0.15) is 6.54 Å². The van der Waals surface area contributed by atoms with Gasteiger partial charge in [0.2, 0.25) is 0 Å². The number of carboxylic acids is 1. The number of hydrogen-bond acceptors (Lipinski definition) is 2. The maximum Gasteiger partial charge on any atom is 0.323 e. The van der Waals surface area contributed by atoms with Crippen molar-refractivity contribution < 1.29 is 14.7 Å². The summed E-state index contributed by atoms with van der Waals surface area (Å²) in [4.78, 5) is 24.4. The van der Waals surface area contributed by atoms with Crippen molar-refractivity contribution >= 4 is 27.8 Å². The van der Waals surface area contributed by atoms with Crippen LogP contribution in [0.1, 0.15) is 29.8 Å². The average molecular weight is 312 g/mol. The Morgan fingerprint density at radius 2 is 2.17 bits per heavy atom. The predicted molar refractivity (Wildman–Crippen MR) is 70.7 cm³/mol. The van der Waals surface area contributed by atoms with E-state index in [1.54, 1.807) is 12.1 Å². The summed E-state index contributed by atoms with van der Waals surface area (Å²) in [6.45, 7) is 4.19. The first-order valence-electron chi connectivity index (χ1n) is 5.62. The summed E-state index contributed by atoms with van der Waals surface area (Å²) >= 11 is 3.40. The van der Waals surface area contributed by atoms with Gasteiger partial charge in [0.15, 0.2) is 0 Å². The first-order valence-corrected chi connectivity index (χ1v) is 6.42. The Morgan fingerprint density at radius 3 is 2.78 bits per heavy atom. The molecule has 1 N–H and O–H groups in total. The minimum atomic E-state index is -0.986. The van der Waals surface area contributed by atoms with Gasteiger partial charge in [0, 0.05) is 22.0 Å². The number of hydrogen-bond donors (Lipinski definition) is 1. The van der Waals surface area contributed by atoms with Crippen LogP contribution in [0.25, 0.3) is 0 Å². The van der Waals surface area contributed by atoms with Crippen molar-refractivity contribution in [3.8, 4) is 0 Å². The zero-order valence-corrected chi connectivity index (χ0v) is 11.8. The summed E-state index contributed by atoms with van der Waals surface area (Å²) in [6.07, 6.45) is 0. The number of halogens is 1. The summed E-state index contributed by atoms with van der Waals surface area (Å²) in [7, 11) is 0. The van der Waals surface area contributed by atoms with E-state index in [1.807, 2.05) is 19.9 Å². The molecule has 96 valence electrons. The van der Waals surface area contributed by atoms with Gasteiger partial charge in [-0.25, -0.2) is 0 Å². The topological polar surface area (TPSA) is 57.6 Å². The summed E-state index contributed by atoms with van der Waals surface area (Å²) in [5, 5.41) is 8.84. The highest BCUT2D eigenvalue weighted by atomic mass is 79.9. The van der Waals surface area contributed by atoms with Gasteiger partial charge in [-0.1, -0.05) is 29.8 Å². The van der Waals surface area contributed by atoms with Gasteiger partial charge >= 0.3 is 5.97 Å². The lowest BCUT2D eigenvalue weighted by molar-refractivity contribution is -0.137. The smallest absolute Gasteiger partial charge is 0.323 e. The second-order valence-corrected chi connectivity index (χ2v) is 6.04. The molecule has 1 aliphatic heterocycles. The number of benzene rings is 1. The molecule has 0 saturated carbocycles. The van der Waals surface area contributed by atoms with E-state index in [2.05, 4.69) is 15.9 Å². The van der Waals surface area contributed by atoms with Crippen LogP contribution in [0, 0.1) is 0 Å². The van der Waals surface area contributed by atoms with Crippen LogP contribution in [-0.4, -0.2) is 35.0 Å². The van der Waals surface area contributed by atoms with E-state index in [1.165, 1.54) is 4.90 Å². The molecule has 1 amide bonds. The Balaban J connectivity index is 2.48. The molecule has 0 aliphatic carbocycles. The van der Waals surface area contributed by atoms with Gasteiger partial charge in [-0.2, -0.15) is 0 Å². The van der Waals surface area contributed by atoms with Gasteiger partial charge in [0.25, 0.3) is 5.91 Å². The molecule has 0 atom stereocenters. The molecule has 0 radical (unpaired) electrons. The van der Waals surface area contributed by atoms with Crippen molar-refractivity contribution in [2.24, 2.45) is 0 Å². The second kappa shape index (κ2) is 4.39. The fourth-order valence-corrected chi connectivity index (χ4v) is 2.72. The zero-order chi connectivity index (χ0) is 13.5. The molecule has 1 aromatic carbocycles. The first kappa shape index (κ1) is 13.1. The molecule has 4 nitrogen and oxygen atoms in total. The molecule has 1 aliphatic rings. The van der Waals surface area contributed by atoms with Crippen LogP contribution in [0.4, 0.5) is 0 Å². The van der Waals surface area contributed by atoms with Crippen LogP contribution in [0.2, 0.25) is 0 Å². The lowest BCUT2D eigenvalue weighted by atomic mass is 9.78. The average Bonchev–Trinajstić information content (AvgIpc) is 2.24. The van der Waals surface area contributed by atoms with E-state index >= 15 is 0 Å². The monoisotopic (exact) mass is 311 g/mol. The third-order valence-corrected chi connectivity index (χ3v) is 3.63. The minimum Gasteiger partial charge on any atom is -0.480 e. The van der Waals surface area contributed by atoms with Crippen LogP contribution in [0.15, 0.2) is 22.7 Å². The van der Waals surface area contributed by atoms with Crippen molar-refractivity contribution in [2.45, 2.75) is 19.3 Å². The fraction of sp³-hybridized carbons (Fsp3) is 0.385. The Kier molecular flexibility index (Phi) is 3.19. The molecule has 0 unspecified atom stereocenters. The first-order chi connectivity index (χ1) is 8.31. The summed E-state index contributed by atoms with van der Waals surface area (Å²) in [5.74, 6) is -1.20. The Morgan fingerprint density at radius 1 is 1.50 bits per heavy atom. The van der Waals surface area contributed by atoms with Gasteiger partial charge in [-0.15, -0.1) is 0 Å². The van der Waals surface area contributed by atoms with E-state index < -0.39 is 5.97 Å². The van der Waals surface area contributed by atoms with Gasteiger partial charge in [-0.3, -0.25) is 9.59 Å². The number of fused-ring (bicyclic) bond motifs is 1. The maximum atomic E-state index is 12.2. The lowest BCUT2D eigenvalue weighted by Gasteiger charge is -2.38. The van der Waals surface area contributed by atoms with Gasteiger partial charge < -0.3 is 10.0 Å². The highest BCUT2D eigenvalue weighted by Crippen LogP contribution is 2.34. The van der Waals surface area contributed by atoms with Crippen molar-refractivity contribution in [1.29, 1.82) is 0 Å². The Labute approximate surface area is 114 Å². The number of rotatable bonds is 2. The van der Waals surface area contributed by atoms with E-state index in [9.17, 15) is 9.59 Å². The van der Waals surface area contributed by atoms with E-state index in [4.69, 9.17) is 5.11 Å². The second-order valence-electron chi connectivity index (χ2n) is 5.13. The van der Waals surface area contributed by atoms with Crippen molar-refractivity contribution in [1.82, 2.24) is 4.90 Å².